The normalized spacial score (nSPS) is 7.76. The van der Waals surface area contributed by atoms with Crippen molar-refractivity contribution >= 4 is 10.8 Å². The first kappa shape index (κ1) is 45.4. The van der Waals surface area contributed by atoms with Crippen LogP contribution in [0, 0.1) is 13.8 Å². The van der Waals surface area contributed by atoms with Crippen molar-refractivity contribution in [3.63, 3.8) is 0 Å². The number of aryl methyl sites for hydroxylation is 2. The van der Waals surface area contributed by atoms with Gasteiger partial charge in [0.05, 0.1) is 0 Å². The lowest BCUT2D eigenvalue weighted by Gasteiger charge is -2.00. The van der Waals surface area contributed by atoms with Gasteiger partial charge in [-0.25, -0.2) is 0 Å². The van der Waals surface area contributed by atoms with Crippen LogP contribution in [-0.2, 0) is 0 Å². The third-order valence-corrected chi connectivity index (χ3v) is 4.76. The maximum Gasteiger partial charge on any atom is -0.0184 e. The maximum absolute atomic E-state index is 2.16. The highest BCUT2D eigenvalue weighted by Crippen LogP contribution is 2.18. The number of rotatable bonds is 1. The lowest BCUT2D eigenvalue weighted by Crippen LogP contribution is -1.76. The lowest BCUT2D eigenvalue weighted by molar-refractivity contribution is 1.47. The molecule has 0 saturated carbocycles. The van der Waals surface area contributed by atoms with Gasteiger partial charge in [0, 0.05) is 0 Å². The van der Waals surface area contributed by atoms with Crippen molar-refractivity contribution in [2.24, 2.45) is 0 Å². The second kappa shape index (κ2) is 37.4. The molecule has 5 aromatic rings. The Morgan fingerprint density at radius 3 is 0.762 bits per heavy atom. The summed E-state index contributed by atoms with van der Waals surface area (Å²) in [5.41, 5.74) is 5.19. The molecule has 0 bridgehead atoms. The summed E-state index contributed by atoms with van der Waals surface area (Å²) in [5.74, 6) is 0. The van der Waals surface area contributed by atoms with Crippen LogP contribution < -0.4 is 0 Å². The van der Waals surface area contributed by atoms with E-state index in [0.29, 0.717) is 0 Å². The van der Waals surface area contributed by atoms with E-state index in [1.54, 1.807) is 0 Å². The summed E-state index contributed by atoms with van der Waals surface area (Å²) in [4.78, 5) is 0. The fraction of sp³-hybridized carbons (Fsp3) is 0.333. The highest BCUT2D eigenvalue weighted by atomic mass is 14.0. The van der Waals surface area contributed by atoms with Gasteiger partial charge in [-0.15, -0.1) is 0 Å². The van der Waals surface area contributed by atoms with Gasteiger partial charge in [-0.1, -0.05) is 228 Å². The van der Waals surface area contributed by atoms with Crippen LogP contribution in [0.2, 0.25) is 0 Å². The van der Waals surface area contributed by atoms with Gasteiger partial charge in [-0.05, 0) is 35.7 Å². The van der Waals surface area contributed by atoms with Crippen molar-refractivity contribution < 1.29 is 0 Å². The van der Waals surface area contributed by atoms with E-state index in [4.69, 9.17) is 0 Å². The summed E-state index contributed by atoms with van der Waals surface area (Å²) in [6, 6.07) is 46.0. The molecule has 0 radical (unpaired) electrons. The molecule has 5 aromatic carbocycles. The average Bonchev–Trinajstić information content (AvgIpc) is 3.12. The third kappa shape index (κ3) is 23.1. The van der Waals surface area contributed by atoms with E-state index in [2.05, 4.69) is 123 Å². The SMILES string of the molecule is CC.CC.CC.CC.CC.CC.Cc1ccc(-c2ccccc2)cc1.Cc1ccccc1.c1ccc2ccccc2c1. The Balaban J connectivity index is -0.000000224. The van der Waals surface area contributed by atoms with Crippen LogP contribution in [0.25, 0.3) is 21.9 Å². The average molecular weight is 569 g/mol. The Kier molecular flexibility index (Phi) is 40.3. The fourth-order valence-electron chi connectivity index (χ4n) is 3.04. The van der Waals surface area contributed by atoms with E-state index < -0.39 is 0 Å². The van der Waals surface area contributed by atoms with Gasteiger partial charge < -0.3 is 0 Å². The van der Waals surface area contributed by atoms with Crippen LogP contribution >= 0.6 is 0 Å². The Morgan fingerprint density at radius 2 is 0.476 bits per heavy atom. The van der Waals surface area contributed by atoms with E-state index in [0.717, 1.165) is 0 Å². The van der Waals surface area contributed by atoms with Crippen LogP contribution in [0.3, 0.4) is 0 Å². The molecule has 0 unspecified atom stereocenters. The molecule has 5 rings (SSSR count). The molecule has 0 aliphatic rings. The number of fused-ring (bicyclic) bond motifs is 1. The quantitative estimate of drug-likeness (QED) is 0.189. The Hall–Kier alpha value is -3.64. The zero-order valence-corrected chi connectivity index (χ0v) is 29.7. The largest absolute Gasteiger partial charge is 0.0683 e. The molecule has 42 heavy (non-hydrogen) atoms. The van der Waals surface area contributed by atoms with Crippen molar-refractivity contribution in [3.05, 3.63) is 145 Å². The van der Waals surface area contributed by atoms with Gasteiger partial charge >= 0.3 is 0 Å². The van der Waals surface area contributed by atoms with E-state index >= 15 is 0 Å². The fourth-order valence-corrected chi connectivity index (χ4v) is 3.04. The van der Waals surface area contributed by atoms with Crippen LogP contribution in [-0.4, -0.2) is 0 Å². The van der Waals surface area contributed by atoms with Crippen molar-refractivity contribution in [3.8, 4) is 11.1 Å². The predicted octanol–water partition coefficient (Wildman–Crippen LogP) is 14.7. The molecule has 0 atom stereocenters. The third-order valence-electron chi connectivity index (χ3n) is 4.76. The monoisotopic (exact) mass is 569 g/mol. The topological polar surface area (TPSA) is 0 Å². The first-order chi connectivity index (χ1) is 20.7. The molecule has 0 nitrogen and oxygen atoms in total. The molecule has 0 aromatic heterocycles. The lowest BCUT2D eigenvalue weighted by atomic mass is 10.0. The van der Waals surface area contributed by atoms with Crippen LogP contribution in [0.15, 0.2) is 133 Å². The summed E-state index contributed by atoms with van der Waals surface area (Å²) < 4.78 is 0. The minimum Gasteiger partial charge on any atom is -0.0683 e. The summed E-state index contributed by atoms with van der Waals surface area (Å²) in [7, 11) is 0. The van der Waals surface area contributed by atoms with Crippen LogP contribution in [0.5, 0.6) is 0 Å². The molecule has 0 heteroatoms. The number of hydrogen-bond donors (Lipinski definition) is 0. The molecule has 232 valence electrons. The smallest absolute Gasteiger partial charge is 0.0184 e. The molecule has 0 fully saturated rings. The summed E-state index contributed by atoms with van der Waals surface area (Å²) in [6.45, 7) is 28.2. The van der Waals surface area contributed by atoms with Crippen molar-refractivity contribution in [1.29, 1.82) is 0 Å². The van der Waals surface area contributed by atoms with Gasteiger partial charge in [-0.2, -0.15) is 0 Å². The van der Waals surface area contributed by atoms with Gasteiger partial charge in [0.1, 0.15) is 0 Å². The predicted molar refractivity (Wildman–Crippen MR) is 200 cm³/mol. The van der Waals surface area contributed by atoms with Crippen LogP contribution in [0.4, 0.5) is 0 Å². The van der Waals surface area contributed by atoms with E-state index in [9.17, 15) is 0 Å². The van der Waals surface area contributed by atoms with Gasteiger partial charge in [0.2, 0.25) is 0 Å². The summed E-state index contributed by atoms with van der Waals surface area (Å²) in [6.07, 6.45) is 0. The number of hydrogen-bond acceptors (Lipinski definition) is 0. The Bertz CT molecular complexity index is 1060. The minimum atomic E-state index is 1.28. The molecule has 0 aliphatic heterocycles. The molecule has 0 amide bonds. The van der Waals surface area contributed by atoms with Gasteiger partial charge in [0.25, 0.3) is 0 Å². The molecule has 0 N–H and O–H groups in total. The summed E-state index contributed by atoms with van der Waals surface area (Å²) in [5, 5.41) is 2.62. The first-order valence-electron chi connectivity index (χ1n) is 16.3. The Morgan fingerprint density at radius 1 is 0.238 bits per heavy atom. The van der Waals surface area contributed by atoms with E-state index in [1.165, 1.54) is 33.0 Å². The van der Waals surface area contributed by atoms with Crippen molar-refractivity contribution in [2.75, 3.05) is 0 Å². The second-order valence-corrected chi connectivity index (χ2v) is 7.23. The van der Waals surface area contributed by atoms with E-state index in [-0.39, 0.29) is 0 Å². The summed E-state index contributed by atoms with van der Waals surface area (Å²) >= 11 is 0. The molecule has 0 spiro atoms. The minimum absolute atomic E-state index is 1.28. The van der Waals surface area contributed by atoms with E-state index in [1.807, 2.05) is 107 Å². The standard InChI is InChI=1S/C13H12.C10H8.C7H8.6C2H6/c1-11-7-9-13(10-8-11)12-5-3-2-4-6-12;1-2-6-10-8-4-3-7-9(10)5-1;1-7-5-3-2-4-6-7;6*1-2/h2-10H,1H3;1-8H;2-6H,1H3;6*1-2H3. The Labute approximate surface area is 262 Å². The number of benzene rings is 5. The highest BCUT2D eigenvalue weighted by molar-refractivity contribution is 5.82. The first-order valence-corrected chi connectivity index (χ1v) is 16.3. The maximum atomic E-state index is 2.16. The molecular formula is C42H64. The van der Waals surface area contributed by atoms with Crippen molar-refractivity contribution in [1.82, 2.24) is 0 Å². The van der Waals surface area contributed by atoms with Crippen molar-refractivity contribution in [2.45, 2.75) is 96.9 Å². The molecule has 0 aliphatic carbocycles. The zero-order valence-electron chi connectivity index (χ0n) is 29.7. The molecular weight excluding hydrogens is 504 g/mol. The highest BCUT2D eigenvalue weighted by Gasteiger charge is 1.93. The van der Waals surface area contributed by atoms with Gasteiger partial charge in [-0.3, -0.25) is 0 Å². The zero-order chi connectivity index (χ0) is 33.0. The molecule has 0 heterocycles. The van der Waals surface area contributed by atoms with Crippen LogP contribution in [0.1, 0.15) is 94.2 Å². The second-order valence-electron chi connectivity index (χ2n) is 7.23. The van der Waals surface area contributed by atoms with Gasteiger partial charge in [0.15, 0.2) is 0 Å². The molecule has 0 saturated heterocycles.